The molecule has 25 heteroatoms. The van der Waals surface area contributed by atoms with E-state index in [1.165, 1.54) is 65.7 Å². The minimum Gasteiger partial charge on any atom is -0.388 e. The van der Waals surface area contributed by atoms with Crippen LogP contribution in [-0.4, -0.2) is 111 Å². The molecule has 0 amide bonds. The van der Waals surface area contributed by atoms with Gasteiger partial charge in [-0.2, -0.15) is 0 Å². The summed E-state index contributed by atoms with van der Waals surface area (Å²) in [5.41, 5.74) is 13.2. The molecule has 1 spiro atoms. The Morgan fingerprint density at radius 2 is 1.57 bits per heavy atom. The third-order valence-corrected chi connectivity index (χ3v) is 11.8. The molecule has 0 aromatic carbocycles. The number of aliphatic hydroxyl groups excluding tert-OH is 2. The second kappa shape index (κ2) is 12.3. The van der Waals surface area contributed by atoms with Gasteiger partial charge in [0.05, 0.1) is 19.3 Å². The van der Waals surface area contributed by atoms with Crippen LogP contribution in [0.5, 0.6) is 0 Å². The van der Waals surface area contributed by atoms with Gasteiger partial charge in [-0.3, -0.25) is 27.0 Å². The van der Waals surface area contributed by atoms with Crippen LogP contribution in [0.4, 0.5) is 11.6 Å². The Morgan fingerprint density at radius 3 is 2.24 bits per heavy atom. The molecule has 0 saturated carbocycles. The van der Waals surface area contributed by atoms with E-state index in [0.29, 0.717) is 22.3 Å². The van der Waals surface area contributed by atoms with E-state index in [1.807, 2.05) is 0 Å². The van der Waals surface area contributed by atoms with Gasteiger partial charge < -0.3 is 35.7 Å². The molecule has 3 aliphatic rings. The van der Waals surface area contributed by atoms with Crippen LogP contribution in [0.15, 0.2) is 62.8 Å². The van der Waals surface area contributed by atoms with Gasteiger partial charge in [-0.25, -0.2) is 48.8 Å². The average Bonchev–Trinajstić information content (AvgIpc) is 3.97. The molecule has 266 valence electrons. The highest BCUT2D eigenvalue weighted by molar-refractivity contribution is 7.52. The number of aliphatic hydroxyl groups is 2. The van der Waals surface area contributed by atoms with E-state index in [1.54, 1.807) is 10.5 Å². The topological polar surface area (TPSA) is 288 Å². The van der Waals surface area contributed by atoms with Crippen molar-refractivity contribution in [3.05, 3.63) is 62.8 Å². The monoisotopic (exact) mass is 742 g/mol. The number of nitrogens with two attached hydrogens (primary N) is 2. The van der Waals surface area contributed by atoms with E-state index >= 15 is 0 Å². The number of aromatic nitrogens is 12. The number of nitrogen functional groups attached to an aromatic ring is 2. The van der Waals surface area contributed by atoms with Crippen LogP contribution >= 0.6 is 16.3 Å². The van der Waals surface area contributed by atoms with Crippen molar-refractivity contribution in [2.24, 2.45) is 0 Å². The van der Waals surface area contributed by atoms with Gasteiger partial charge in [0.2, 0.25) is 5.79 Å². The maximum atomic E-state index is 14.8. The van der Waals surface area contributed by atoms with Gasteiger partial charge in [0, 0.05) is 31.2 Å². The number of rotatable bonds is 4. The zero-order chi connectivity index (χ0) is 34.9. The summed E-state index contributed by atoms with van der Waals surface area (Å²) in [6.45, 7) is -0.809. The van der Waals surface area contributed by atoms with E-state index in [9.17, 15) is 14.8 Å². The smallest absolute Gasteiger partial charge is 0.388 e. The number of hydrogen-bond donors (Lipinski definition) is 4. The van der Waals surface area contributed by atoms with Crippen molar-refractivity contribution in [3.63, 3.8) is 0 Å². The zero-order valence-corrected chi connectivity index (χ0v) is 27.8. The minimum absolute atomic E-state index is 0.135. The van der Waals surface area contributed by atoms with Gasteiger partial charge >= 0.3 is 7.75 Å². The Kier molecular flexibility index (Phi) is 7.81. The fourth-order valence-corrected chi connectivity index (χ4v) is 9.13. The van der Waals surface area contributed by atoms with Gasteiger partial charge in [0.1, 0.15) is 67.4 Å². The summed E-state index contributed by atoms with van der Waals surface area (Å²) in [4.78, 5) is 33.2. The van der Waals surface area contributed by atoms with Crippen LogP contribution in [0.1, 0.15) is 18.9 Å². The Hall–Kier alpha value is -4.54. The maximum Gasteiger partial charge on any atom is 0.440 e. The third-order valence-electron chi connectivity index (χ3n) is 8.57. The lowest BCUT2D eigenvalue weighted by atomic mass is 10.1. The summed E-state index contributed by atoms with van der Waals surface area (Å²) in [7, 11) is -6.58. The van der Waals surface area contributed by atoms with Crippen molar-refractivity contribution >= 4 is 50.2 Å². The molecule has 3 aliphatic heterocycles. The van der Waals surface area contributed by atoms with Crippen LogP contribution in [0, 0.1) is 0 Å². The van der Waals surface area contributed by atoms with E-state index in [-0.39, 0.29) is 24.7 Å². The van der Waals surface area contributed by atoms with Crippen molar-refractivity contribution in [1.29, 1.82) is 0 Å². The first-order valence-electron chi connectivity index (χ1n) is 15.3. The molecule has 0 bridgehead atoms. The highest BCUT2D eigenvalue weighted by Gasteiger charge is 2.55. The third kappa shape index (κ3) is 5.46. The molecule has 9 unspecified atom stereocenters. The molecule has 9 rings (SSSR count). The Bertz CT molecular complexity index is 2240. The summed E-state index contributed by atoms with van der Waals surface area (Å²) in [5.74, 6) is -1.52. The predicted molar refractivity (Wildman–Crippen MR) is 171 cm³/mol. The van der Waals surface area contributed by atoms with Crippen LogP contribution in [0.25, 0.3) is 22.3 Å². The SMILES string of the molecule is Nc1ncnc2c1ncn2C1OC2(COP(=O)(n3ccnc3)OC3C(COP(n4ccnc4)O2)OC(n2cnc4c(N)ncnc42)C3O)CC1O. The van der Waals surface area contributed by atoms with Gasteiger partial charge in [-0.15, -0.1) is 0 Å². The summed E-state index contributed by atoms with van der Waals surface area (Å²) in [6, 6.07) is 0. The fourth-order valence-electron chi connectivity index (χ4n) is 6.16. The average molecular weight is 743 g/mol. The van der Waals surface area contributed by atoms with Crippen molar-refractivity contribution < 1.29 is 42.3 Å². The molecule has 0 aliphatic carbocycles. The lowest BCUT2D eigenvalue weighted by Gasteiger charge is -2.33. The van der Waals surface area contributed by atoms with E-state index < -0.39 is 65.5 Å². The number of hydrogen-bond acceptors (Lipinski definition) is 19. The zero-order valence-electron chi connectivity index (χ0n) is 26.0. The number of imidazole rings is 4. The van der Waals surface area contributed by atoms with Crippen LogP contribution in [0.2, 0.25) is 0 Å². The molecule has 6 N–H and O–H groups in total. The van der Waals surface area contributed by atoms with Crippen LogP contribution in [-0.2, 0) is 32.1 Å². The fraction of sp³-hybridized carbons (Fsp3) is 0.385. The van der Waals surface area contributed by atoms with Gasteiger partial charge in [0.15, 0.2) is 35.4 Å². The number of fused-ring (bicyclic) bond motifs is 3. The van der Waals surface area contributed by atoms with Crippen molar-refractivity contribution in [2.75, 3.05) is 24.7 Å². The number of anilines is 2. The molecule has 3 saturated heterocycles. The van der Waals surface area contributed by atoms with Crippen molar-refractivity contribution in [1.82, 2.24) is 57.7 Å². The summed E-state index contributed by atoms with van der Waals surface area (Å²) in [6.07, 6.45) is 6.50. The lowest BCUT2D eigenvalue weighted by Crippen LogP contribution is -2.37. The van der Waals surface area contributed by atoms with Gasteiger partial charge in [-0.05, 0) is 0 Å². The second-order valence-corrected chi connectivity index (χ2v) is 15.0. The van der Waals surface area contributed by atoms with E-state index in [4.69, 9.17) is 39.0 Å². The molecule has 51 heavy (non-hydrogen) atoms. The van der Waals surface area contributed by atoms with Gasteiger partial charge in [0.25, 0.3) is 8.53 Å². The molecular formula is C26H28N14O9P2. The quantitative estimate of drug-likeness (QED) is 0.177. The molecule has 3 fully saturated rings. The molecule has 9 atom stereocenters. The first-order valence-corrected chi connectivity index (χ1v) is 17.9. The molecule has 23 nitrogen and oxygen atoms in total. The maximum absolute atomic E-state index is 14.8. The Morgan fingerprint density at radius 1 is 0.882 bits per heavy atom. The van der Waals surface area contributed by atoms with Crippen molar-refractivity contribution in [3.8, 4) is 0 Å². The van der Waals surface area contributed by atoms with E-state index in [2.05, 4.69) is 39.9 Å². The molecule has 6 aromatic rings. The lowest BCUT2D eigenvalue weighted by molar-refractivity contribution is -0.207. The highest BCUT2D eigenvalue weighted by Crippen LogP contribution is 2.58. The number of ether oxygens (including phenoxy) is 2. The minimum atomic E-state index is -4.45. The molecular weight excluding hydrogens is 714 g/mol. The second-order valence-electron chi connectivity index (χ2n) is 11.7. The summed E-state index contributed by atoms with van der Waals surface area (Å²) in [5, 5.41) is 23.2. The van der Waals surface area contributed by atoms with E-state index in [0.717, 1.165) is 4.34 Å². The summed E-state index contributed by atoms with van der Waals surface area (Å²) < 4.78 is 58.5. The first-order chi connectivity index (χ1) is 24.7. The summed E-state index contributed by atoms with van der Waals surface area (Å²) >= 11 is 0. The van der Waals surface area contributed by atoms with Crippen LogP contribution in [0.3, 0.4) is 0 Å². The molecule has 6 aromatic heterocycles. The Labute approximate surface area is 286 Å². The Balaban J connectivity index is 1.09. The predicted octanol–water partition coefficient (Wildman–Crippen LogP) is 0.338. The molecule has 0 radical (unpaired) electrons. The van der Waals surface area contributed by atoms with Crippen LogP contribution < -0.4 is 11.5 Å². The highest BCUT2D eigenvalue weighted by atomic mass is 31.2. The van der Waals surface area contributed by atoms with Crippen molar-refractivity contribution in [2.45, 2.75) is 49.1 Å². The normalized spacial score (nSPS) is 33.2. The first kappa shape index (κ1) is 32.4. The van der Waals surface area contributed by atoms with Gasteiger partial charge in [-0.1, -0.05) is 0 Å². The largest absolute Gasteiger partial charge is 0.440 e. The molecule has 9 heterocycles. The standard InChI is InChI=1S/C26H28N14O9P2/c27-20-16-22(33-8-31-20)39(12-35-16)24-14(41)5-26(47-24)7-45-51(43,38-4-2-30-11-38)48-19-15(6-44-50(49-26)37-3-1-29-10-37)46-25(18(19)42)40-13-36-17-21(28)32-9-34-23(17)40/h1-4,8-15,18-19,24-25,41-42H,5-7H2,(H2,27,31,33)(H2,28,32,34). The number of nitrogens with zero attached hydrogens (tertiary/aromatic N) is 12.